The van der Waals surface area contributed by atoms with Gasteiger partial charge in [0.15, 0.2) is 0 Å². The van der Waals surface area contributed by atoms with Crippen LogP contribution in [0.1, 0.15) is 39.4 Å². The van der Waals surface area contributed by atoms with E-state index in [9.17, 15) is 9.18 Å². The number of nitrogens with zero attached hydrogens (tertiary/aromatic N) is 1. The Kier molecular flexibility index (Phi) is 5.88. The fraction of sp³-hybridized carbons (Fsp3) is 0.571. The number of carbonyl (C=O) groups is 1. The zero-order chi connectivity index (χ0) is 15.2. The molecule has 1 aromatic rings. The van der Waals surface area contributed by atoms with Crippen molar-refractivity contribution >= 4 is 6.09 Å². The average Bonchev–Trinajstić information content (AvgIpc) is 2.33. The molecule has 0 aliphatic rings. The SMILES string of the molecule is CC(NCCNC(=O)OC(C)(C)C)c1ccc(F)cn1. The Balaban J connectivity index is 2.24. The second-order valence-corrected chi connectivity index (χ2v) is 5.51. The van der Waals surface area contributed by atoms with Gasteiger partial charge in [-0.2, -0.15) is 0 Å². The molecular formula is C14H22FN3O2. The van der Waals surface area contributed by atoms with Gasteiger partial charge in [0.1, 0.15) is 11.4 Å². The van der Waals surface area contributed by atoms with Crippen molar-refractivity contribution in [1.29, 1.82) is 0 Å². The molecule has 1 unspecified atom stereocenters. The number of pyridine rings is 1. The van der Waals surface area contributed by atoms with Crippen molar-refractivity contribution in [2.24, 2.45) is 0 Å². The van der Waals surface area contributed by atoms with E-state index >= 15 is 0 Å². The highest BCUT2D eigenvalue weighted by Crippen LogP contribution is 2.09. The topological polar surface area (TPSA) is 63.2 Å². The molecule has 1 heterocycles. The summed E-state index contributed by atoms with van der Waals surface area (Å²) < 4.78 is 17.8. The minimum atomic E-state index is -0.497. The lowest BCUT2D eigenvalue weighted by atomic mass is 10.2. The summed E-state index contributed by atoms with van der Waals surface area (Å²) in [5, 5.41) is 5.83. The van der Waals surface area contributed by atoms with Crippen LogP contribution in [-0.4, -0.2) is 29.8 Å². The van der Waals surface area contributed by atoms with Crippen molar-refractivity contribution in [1.82, 2.24) is 15.6 Å². The molecule has 112 valence electrons. The van der Waals surface area contributed by atoms with Crippen molar-refractivity contribution in [3.63, 3.8) is 0 Å². The van der Waals surface area contributed by atoms with E-state index in [0.717, 1.165) is 5.69 Å². The summed E-state index contributed by atoms with van der Waals surface area (Å²) in [5.74, 6) is -0.354. The first-order valence-electron chi connectivity index (χ1n) is 6.59. The van der Waals surface area contributed by atoms with Gasteiger partial charge in [0.05, 0.1) is 11.9 Å². The Morgan fingerprint density at radius 2 is 2.10 bits per heavy atom. The maximum atomic E-state index is 12.7. The largest absolute Gasteiger partial charge is 0.444 e. The standard InChI is InChI=1S/C14H22FN3O2/c1-10(12-6-5-11(15)9-18-12)16-7-8-17-13(19)20-14(2,3)4/h5-6,9-10,16H,7-8H2,1-4H3,(H,17,19). The van der Waals surface area contributed by atoms with E-state index in [1.165, 1.54) is 12.3 Å². The molecular weight excluding hydrogens is 261 g/mol. The Hall–Kier alpha value is -1.69. The van der Waals surface area contributed by atoms with E-state index in [-0.39, 0.29) is 11.9 Å². The molecule has 0 saturated carbocycles. The van der Waals surface area contributed by atoms with Crippen LogP contribution in [0.2, 0.25) is 0 Å². The third kappa shape index (κ3) is 6.47. The number of halogens is 1. The van der Waals surface area contributed by atoms with Crippen molar-refractivity contribution < 1.29 is 13.9 Å². The van der Waals surface area contributed by atoms with Crippen molar-refractivity contribution in [3.05, 3.63) is 29.8 Å². The van der Waals surface area contributed by atoms with Crippen LogP contribution in [0.25, 0.3) is 0 Å². The van der Waals surface area contributed by atoms with E-state index in [0.29, 0.717) is 13.1 Å². The van der Waals surface area contributed by atoms with Crippen molar-refractivity contribution in [3.8, 4) is 0 Å². The van der Waals surface area contributed by atoms with E-state index in [4.69, 9.17) is 4.74 Å². The quantitative estimate of drug-likeness (QED) is 0.815. The highest BCUT2D eigenvalue weighted by atomic mass is 19.1. The summed E-state index contributed by atoms with van der Waals surface area (Å²) in [5.41, 5.74) is 0.256. The average molecular weight is 283 g/mol. The number of amides is 1. The third-order valence-corrected chi connectivity index (χ3v) is 2.44. The van der Waals surface area contributed by atoms with Gasteiger partial charge in [-0.3, -0.25) is 4.98 Å². The predicted molar refractivity (Wildman–Crippen MR) is 74.8 cm³/mol. The molecule has 1 atom stereocenters. The van der Waals surface area contributed by atoms with Gasteiger partial charge in [-0.25, -0.2) is 9.18 Å². The summed E-state index contributed by atoms with van der Waals surface area (Å²) in [6, 6.07) is 2.99. The maximum absolute atomic E-state index is 12.7. The Morgan fingerprint density at radius 1 is 1.40 bits per heavy atom. The summed E-state index contributed by atoms with van der Waals surface area (Å²) in [6.45, 7) is 8.38. The number of hydrogen-bond acceptors (Lipinski definition) is 4. The number of aromatic nitrogens is 1. The van der Waals surface area contributed by atoms with Crippen molar-refractivity contribution in [2.75, 3.05) is 13.1 Å². The first kappa shape index (κ1) is 16.4. The van der Waals surface area contributed by atoms with Crippen LogP contribution < -0.4 is 10.6 Å². The molecule has 0 fully saturated rings. The van der Waals surface area contributed by atoms with Gasteiger partial charge >= 0.3 is 6.09 Å². The lowest BCUT2D eigenvalue weighted by Gasteiger charge is -2.20. The molecule has 0 spiro atoms. The minimum absolute atomic E-state index is 0.0176. The number of rotatable bonds is 5. The summed E-state index contributed by atoms with van der Waals surface area (Å²) in [6.07, 6.45) is 0.749. The van der Waals surface area contributed by atoms with Gasteiger partial charge in [0, 0.05) is 19.1 Å². The molecule has 6 heteroatoms. The second-order valence-electron chi connectivity index (χ2n) is 5.51. The predicted octanol–water partition coefficient (Wildman–Crippen LogP) is 2.40. The summed E-state index contributed by atoms with van der Waals surface area (Å²) in [4.78, 5) is 15.4. The fourth-order valence-electron chi connectivity index (χ4n) is 1.52. The molecule has 2 N–H and O–H groups in total. The molecule has 1 aromatic heterocycles. The molecule has 0 bridgehead atoms. The lowest BCUT2D eigenvalue weighted by Crippen LogP contribution is -2.37. The molecule has 1 amide bonds. The Morgan fingerprint density at radius 3 is 2.65 bits per heavy atom. The molecule has 0 aromatic carbocycles. The van der Waals surface area contributed by atoms with Crippen LogP contribution in [0.4, 0.5) is 9.18 Å². The minimum Gasteiger partial charge on any atom is -0.444 e. The smallest absolute Gasteiger partial charge is 0.407 e. The van der Waals surface area contributed by atoms with Crippen LogP contribution in [-0.2, 0) is 4.74 Å². The molecule has 0 aliphatic heterocycles. The number of ether oxygens (including phenoxy) is 1. The number of alkyl carbamates (subject to hydrolysis) is 1. The number of hydrogen-bond donors (Lipinski definition) is 2. The van der Waals surface area contributed by atoms with Gasteiger partial charge in [-0.15, -0.1) is 0 Å². The van der Waals surface area contributed by atoms with Crippen molar-refractivity contribution in [2.45, 2.75) is 39.3 Å². The lowest BCUT2D eigenvalue weighted by molar-refractivity contribution is 0.0528. The first-order chi connectivity index (χ1) is 9.28. The van der Waals surface area contributed by atoms with Gasteiger partial charge in [-0.05, 0) is 39.8 Å². The van der Waals surface area contributed by atoms with E-state index in [2.05, 4.69) is 15.6 Å². The molecule has 0 saturated heterocycles. The van der Waals surface area contributed by atoms with Crippen LogP contribution >= 0.6 is 0 Å². The molecule has 1 rings (SSSR count). The second kappa shape index (κ2) is 7.19. The summed E-state index contributed by atoms with van der Waals surface area (Å²) in [7, 11) is 0. The van der Waals surface area contributed by atoms with E-state index in [1.54, 1.807) is 6.07 Å². The zero-order valence-corrected chi connectivity index (χ0v) is 12.4. The Labute approximate surface area is 118 Å². The van der Waals surface area contributed by atoms with Gasteiger partial charge in [-0.1, -0.05) is 0 Å². The molecule has 5 nitrogen and oxygen atoms in total. The van der Waals surface area contributed by atoms with E-state index in [1.807, 2.05) is 27.7 Å². The van der Waals surface area contributed by atoms with Gasteiger partial charge in [0.2, 0.25) is 0 Å². The highest BCUT2D eigenvalue weighted by molar-refractivity contribution is 5.67. The van der Waals surface area contributed by atoms with Crippen LogP contribution in [0.15, 0.2) is 18.3 Å². The maximum Gasteiger partial charge on any atom is 0.407 e. The fourth-order valence-corrected chi connectivity index (χ4v) is 1.52. The monoisotopic (exact) mass is 283 g/mol. The summed E-state index contributed by atoms with van der Waals surface area (Å²) >= 11 is 0. The number of nitrogens with one attached hydrogen (secondary N) is 2. The van der Waals surface area contributed by atoms with Crippen LogP contribution in [0.3, 0.4) is 0 Å². The third-order valence-electron chi connectivity index (χ3n) is 2.44. The molecule has 0 radical (unpaired) electrons. The van der Waals surface area contributed by atoms with Gasteiger partial charge < -0.3 is 15.4 Å². The number of carbonyl (C=O) groups excluding carboxylic acids is 1. The van der Waals surface area contributed by atoms with Gasteiger partial charge in [0.25, 0.3) is 0 Å². The van der Waals surface area contributed by atoms with Crippen LogP contribution in [0.5, 0.6) is 0 Å². The highest BCUT2D eigenvalue weighted by Gasteiger charge is 2.15. The van der Waals surface area contributed by atoms with E-state index < -0.39 is 11.7 Å². The zero-order valence-electron chi connectivity index (χ0n) is 12.4. The molecule has 20 heavy (non-hydrogen) atoms. The normalized spacial score (nSPS) is 12.8. The van der Waals surface area contributed by atoms with Crippen LogP contribution in [0, 0.1) is 5.82 Å². The first-order valence-corrected chi connectivity index (χ1v) is 6.59. The molecule has 0 aliphatic carbocycles. The Bertz CT molecular complexity index is 429.